The molecule has 0 fully saturated rings. The van der Waals surface area contributed by atoms with Crippen LogP contribution < -0.4 is 0 Å². The van der Waals surface area contributed by atoms with Crippen LogP contribution in [0.5, 0.6) is 0 Å². The lowest BCUT2D eigenvalue weighted by Crippen LogP contribution is -2.28. The summed E-state index contributed by atoms with van der Waals surface area (Å²) in [6, 6.07) is 12.8. The SMILES string of the molecule is CC(C)CN(C)C(CC#N)c1ccccc1. The maximum Gasteiger partial charge on any atom is 0.0641 e. The van der Waals surface area contributed by atoms with Crippen molar-refractivity contribution in [1.29, 1.82) is 5.26 Å². The van der Waals surface area contributed by atoms with Crippen LogP contribution >= 0.6 is 0 Å². The van der Waals surface area contributed by atoms with E-state index >= 15 is 0 Å². The van der Waals surface area contributed by atoms with Gasteiger partial charge in [-0.1, -0.05) is 44.2 Å². The van der Waals surface area contributed by atoms with Crippen molar-refractivity contribution in [1.82, 2.24) is 4.90 Å². The van der Waals surface area contributed by atoms with Crippen LogP contribution in [0, 0.1) is 17.2 Å². The average Bonchev–Trinajstić information content (AvgIpc) is 2.26. The molecule has 86 valence electrons. The Morgan fingerprint density at radius 1 is 1.25 bits per heavy atom. The first-order valence-corrected chi connectivity index (χ1v) is 5.77. The van der Waals surface area contributed by atoms with Crippen LogP contribution in [0.25, 0.3) is 0 Å². The fraction of sp³-hybridized carbons (Fsp3) is 0.500. The van der Waals surface area contributed by atoms with E-state index in [1.165, 1.54) is 5.56 Å². The van der Waals surface area contributed by atoms with E-state index in [1.54, 1.807) is 0 Å². The zero-order valence-corrected chi connectivity index (χ0v) is 10.4. The van der Waals surface area contributed by atoms with Gasteiger partial charge in [0, 0.05) is 12.6 Å². The number of hydrogen-bond acceptors (Lipinski definition) is 2. The Balaban J connectivity index is 2.79. The minimum absolute atomic E-state index is 0.216. The lowest BCUT2D eigenvalue weighted by molar-refractivity contribution is 0.221. The predicted octanol–water partition coefficient (Wildman–Crippen LogP) is 3.23. The summed E-state index contributed by atoms with van der Waals surface area (Å²) in [7, 11) is 2.09. The summed E-state index contributed by atoms with van der Waals surface area (Å²) in [5.74, 6) is 0.620. The van der Waals surface area contributed by atoms with Crippen molar-refractivity contribution < 1.29 is 0 Å². The Labute approximate surface area is 98.5 Å². The molecule has 1 aromatic carbocycles. The Morgan fingerprint density at radius 3 is 2.38 bits per heavy atom. The van der Waals surface area contributed by atoms with Crippen molar-refractivity contribution in [3.8, 4) is 6.07 Å². The normalized spacial score (nSPS) is 12.8. The highest BCUT2D eigenvalue weighted by Crippen LogP contribution is 2.23. The molecular formula is C14H20N2. The molecule has 0 aromatic heterocycles. The van der Waals surface area contributed by atoms with Crippen molar-refractivity contribution >= 4 is 0 Å². The molecule has 0 aliphatic rings. The lowest BCUT2D eigenvalue weighted by atomic mass is 10.0. The highest BCUT2D eigenvalue weighted by atomic mass is 15.1. The second-order valence-corrected chi connectivity index (χ2v) is 4.62. The fourth-order valence-electron chi connectivity index (χ4n) is 1.99. The monoisotopic (exact) mass is 216 g/mol. The number of nitriles is 1. The van der Waals surface area contributed by atoms with Crippen LogP contribution in [-0.4, -0.2) is 18.5 Å². The smallest absolute Gasteiger partial charge is 0.0641 e. The molecule has 0 radical (unpaired) electrons. The van der Waals surface area contributed by atoms with Gasteiger partial charge in [0.25, 0.3) is 0 Å². The predicted molar refractivity (Wildman–Crippen MR) is 66.9 cm³/mol. The third kappa shape index (κ3) is 3.67. The van der Waals surface area contributed by atoms with Gasteiger partial charge in [-0.15, -0.1) is 0 Å². The van der Waals surface area contributed by atoms with E-state index in [0.717, 1.165) is 6.54 Å². The van der Waals surface area contributed by atoms with Crippen molar-refractivity contribution in [2.45, 2.75) is 26.3 Å². The van der Waals surface area contributed by atoms with Gasteiger partial charge in [0.1, 0.15) is 0 Å². The van der Waals surface area contributed by atoms with E-state index in [9.17, 15) is 0 Å². The van der Waals surface area contributed by atoms with Gasteiger partial charge in [0.2, 0.25) is 0 Å². The summed E-state index contributed by atoms with van der Waals surface area (Å²) in [6.07, 6.45) is 0.549. The summed E-state index contributed by atoms with van der Waals surface area (Å²) in [5, 5.41) is 8.90. The zero-order valence-electron chi connectivity index (χ0n) is 10.4. The van der Waals surface area contributed by atoms with Crippen molar-refractivity contribution in [3.63, 3.8) is 0 Å². The Hall–Kier alpha value is -1.33. The van der Waals surface area contributed by atoms with E-state index in [0.29, 0.717) is 12.3 Å². The van der Waals surface area contributed by atoms with Gasteiger partial charge >= 0.3 is 0 Å². The summed E-state index contributed by atoms with van der Waals surface area (Å²) in [4.78, 5) is 2.27. The summed E-state index contributed by atoms with van der Waals surface area (Å²) in [5.41, 5.74) is 1.23. The van der Waals surface area contributed by atoms with Gasteiger partial charge in [-0.3, -0.25) is 4.90 Å². The molecule has 1 rings (SSSR count). The minimum Gasteiger partial charge on any atom is -0.298 e. The molecule has 0 spiro atoms. The Morgan fingerprint density at radius 2 is 1.88 bits per heavy atom. The van der Waals surface area contributed by atoms with Crippen LogP contribution in [0.1, 0.15) is 31.9 Å². The maximum atomic E-state index is 8.90. The van der Waals surface area contributed by atoms with E-state index < -0.39 is 0 Å². The number of hydrogen-bond donors (Lipinski definition) is 0. The molecule has 1 unspecified atom stereocenters. The maximum absolute atomic E-state index is 8.90. The molecule has 16 heavy (non-hydrogen) atoms. The van der Waals surface area contributed by atoms with Gasteiger partial charge in [-0.25, -0.2) is 0 Å². The zero-order chi connectivity index (χ0) is 12.0. The Kier molecular flexibility index (Phi) is 5.01. The molecule has 2 heteroatoms. The third-order valence-corrected chi connectivity index (χ3v) is 2.65. The van der Waals surface area contributed by atoms with Crippen LogP contribution in [0.15, 0.2) is 30.3 Å². The Bertz CT molecular complexity index is 338. The third-order valence-electron chi connectivity index (χ3n) is 2.65. The molecular weight excluding hydrogens is 196 g/mol. The second kappa shape index (κ2) is 6.30. The number of nitrogens with zero attached hydrogens (tertiary/aromatic N) is 2. The van der Waals surface area contributed by atoms with Crippen LogP contribution in [-0.2, 0) is 0 Å². The first-order valence-electron chi connectivity index (χ1n) is 5.77. The molecule has 1 atom stereocenters. The quantitative estimate of drug-likeness (QED) is 0.755. The average molecular weight is 216 g/mol. The van der Waals surface area contributed by atoms with Gasteiger partial charge < -0.3 is 0 Å². The van der Waals surface area contributed by atoms with E-state index in [2.05, 4.69) is 44.0 Å². The molecule has 0 aliphatic heterocycles. The summed E-state index contributed by atoms with van der Waals surface area (Å²) >= 11 is 0. The molecule has 0 aliphatic carbocycles. The molecule has 0 heterocycles. The number of rotatable bonds is 5. The molecule has 0 saturated heterocycles. The number of benzene rings is 1. The second-order valence-electron chi connectivity index (χ2n) is 4.62. The van der Waals surface area contributed by atoms with E-state index in [-0.39, 0.29) is 6.04 Å². The molecule has 0 amide bonds. The van der Waals surface area contributed by atoms with Gasteiger partial charge in [0.15, 0.2) is 0 Å². The van der Waals surface area contributed by atoms with Gasteiger partial charge in [-0.05, 0) is 18.5 Å². The molecule has 2 nitrogen and oxygen atoms in total. The van der Waals surface area contributed by atoms with Gasteiger partial charge in [-0.2, -0.15) is 5.26 Å². The van der Waals surface area contributed by atoms with Crippen LogP contribution in [0.2, 0.25) is 0 Å². The molecule has 0 bridgehead atoms. The highest BCUT2D eigenvalue weighted by Gasteiger charge is 2.16. The standard InChI is InChI=1S/C14H20N2/c1-12(2)11-16(3)14(9-10-15)13-7-5-4-6-8-13/h4-8,12,14H,9,11H2,1-3H3. The lowest BCUT2D eigenvalue weighted by Gasteiger charge is -2.28. The van der Waals surface area contributed by atoms with Crippen molar-refractivity contribution in [2.75, 3.05) is 13.6 Å². The first kappa shape index (κ1) is 12.7. The van der Waals surface area contributed by atoms with E-state index in [1.807, 2.05) is 18.2 Å². The first-order chi connectivity index (χ1) is 7.65. The van der Waals surface area contributed by atoms with E-state index in [4.69, 9.17) is 5.26 Å². The van der Waals surface area contributed by atoms with Crippen LogP contribution in [0.3, 0.4) is 0 Å². The van der Waals surface area contributed by atoms with Crippen LogP contribution in [0.4, 0.5) is 0 Å². The summed E-state index contributed by atoms with van der Waals surface area (Å²) < 4.78 is 0. The topological polar surface area (TPSA) is 27.0 Å². The van der Waals surface area contributed by atoms with Crippen molar-refractivity contribution in [2.24, 2.45) is 5.92 Å². The van der Waals surface area contributed by atoms with Gasteiger partial charge in [0.05, 0.1) is 12.5 Å². The highest BCUT2D eigenvalue weighted by molar-refractivity contribution is 5.20. The molecule has 0 N–H and O–H groups in total. The molecule has 0 saturated carbocycles. The largest absolute Gasteiger partial charge is 0.298 e. The van der Waals surface area contributed by atoms with Crippen molar-refractivity contribution in [3.05, 3.63) is 35.9 Å². The fourth-order valence-corrected chi connectivity index (χ4v) is 1.99. The molecule has 1 aromatic rings. The minimum atomic E-state index is 0.216. The summed E-state index contributed by atoms with van der Waals surface area (Å²) in [6.45, 7) is 5.41.